The minimum absolute atomic E-state index is 0.00364. The second kappa shape index (κ2) is 13.4. The zero-order chi connectivity index (χ0) is 31.8. The number of rotatable bonds is 14. The number of carbonyl (C=O) groups is 3. The van der Waals surface area contributed by atoms with Gasteiger partial charge in [-0.3, -0.25) is 14.4 Å². The lowest BCUT2D eigenvalue weighted by Gasteiger charge is -2.47. The van der Waals surface area contributed by atoms with Gasteiger partial charge in [-0.2, -0.15) is 0 Å². The standard InChI is InChI=1S/C33H54BrN3O4S/c1-11-14-35(15-12-2)28(39)24-25-29(40)37(22(19-38)17-21(4)5)27(33(25)18-23(34)26(24)42-33)30(41)36(16-13-3)32(9,10)20-31(6,7)8/h11,13,21-27,38H,1,3,12,14-20H2,2,4-10H3/t22-,23?,24-,25+,26-,27?,33?/m1/s1. The number of aliphatic hydroxyl groups is 1. The molecule has 3 aliphatic rings. The molecule has 3 heterocycles. The predicted molar refractivity (Wildman–Crippen MR) is 177 cm³/mol. The third kappa shape index (κ3) is 6.53. The van der Waals surface area contributed by atoms with Crippen molar-refractivity contribution in [1.29, 1.82) is 0 Å². The number of hydrogen-bond donors (Lipinski definition) is 1. The number of thioether (sulfide) groups is 1. The molecule has 1 N–H and O–H groups in total. The molecule has 3 aliphatic heterocycles. The van der Waals surface area contributed by atoms with Crippen LogP contribution in [0.15, 0.2) is 25.3 Å². The van der Waals surface area contributed by atoms with Crippen LogP contribution in [0.2, 0.25) is 0 Å². The van der Waals surface area contributed by atoms with Crippen molar-refractivity contribution < 1.29 is 19.5 Å². The van der Waals surface area contributed by atoms with Crippen molar-refractivity contribution in [3.63, 3.8) is 0 Å². The molecule has 0 saturated carbocycles. The van der Waals surface area contributed by atoms with Crippen molar-refractivity contribution in [2.24, 2.45) is 23.2 Å². The van der Waals surface area contributed by atoms with E-state index in [1.807, 2.05) is 16.7 Å². The summed E-state index contributed by atoms with van der Waals surface area (Å²) in [7, 11) is 0. The van der Waals surface area contributed by atoms with Gasteiger partial charge in [0, 0.05) is 35.3 Å². The maximum Gasteiger partial charge on any atom is 0.247 e. The number of aliphatic hydroxyl groups excluding tert-OH is 1. The van der Waals surface area contributed by atoms with Crippen LogP contribution in [-0.4, -0.2) is 96.2 Å². The van der Waals surface area contributed by atoms with Crippen molar-refractivity contribution in [3.05, 3.63) is 25.3 Å². The Bertz CT molecular complexity index is 1040. The van der Waals surface area contributed by atoms with Crippen molar-refractivity contribution in [2.45, 2.75) is 114 Å². The Kier molecular flexibility index (Phi) is 11.2. The number of fused-ring (bicyclic) bond motifs is 1. The van der Waals surface area contributed by atoms with E-state index in [-0.39, 0.29) is 45.7 Å². The minimum atomic E-state index is -0.781. The van der Waals surface area contributed by atoms with Crippen molar-refractivity contribution in [2.75, 3.05) is 26.2 Å². The molecule has 42 heavy (non-hydrogen) atoms. The fourth-order valence-corrected chi connectivity index (χ4v) is 11.7. The number of alkyl halides is 1. The Morgan fingerprint density at radius 1 is 1.17 bits per heavy atom. The Hall–Kier alpha value is -1.32. The molecule has 1 spiro atoms. The van der Waals surface area contributed by atoms with E-state index < -0.39 is 34.2 Å². The topological polar surface area (TPSA) is 81.2 Å². The summed E-state index contributed by atoms with van der Waals surface area (Å²) in [6.45, 7) is 25.8. The molecule has 0 aliphatic carbocycles. The molecule has 0 aromatic carbocycles. The normalized spacial score (nSPS) is 29.5. The van der Waals surface area contributed by atoms with Gasteiger partial charge in [-0.1, -0.05) is 69.6 Å². The van der Waals surface area contributed by atoms with Crippen LogP contribution in [0, 0.1) is 23.2 Å². The lowest BCUT2D eigenvalue weighted by molar-refractivity contribution is -0.150. The summed E-state index contributed by atoms with van der Waals surface area (Å²) >= 11 is 5.55. The van der Waals surface area contributed by atoms with Gasteiger partial charge in [0.2, 0.25) is 17.7 Å². The second-order valence-corrected chi connectivity index (χ2v) is 17.5. The number of amides is 3. The molecule has 7 nitrogen and oxygen atoms in total. The quantitative estimate of drug-likeness (QED) is 0.195. The molecule has 3 fully saturated rings. The highest BCUT2D eigenvalue weighted by molar-refractivity contribution is 9.09. The van der Waals surface area contributed by atoms with Gasteiger partial charge < -0.3 is 19.8 Å². The molecule has 3 unspecified atom stereocenters. The van der Waals surface area contributed by atoms with Crippen LogP contribution >= 0.6 is 27.7 Å². The molecule has 2 bridgehead atoms. The lowest BCUT2D eigenvalue weighted by atomic mass is 9.70. The Morgan fingerprint density at radius 2 is 1.79 bits per heavy atom. The van der Waals surface area contributed by atoms with E-state index >= 15 is 4.79 Å². The summed E-state index contributed by atoms with van der Waals surface area (Å²) in [4.78, 5) is 49.4. The van der Waals surface area contributed by atoms with E-state index in [4.69, 9.17) is 0 Å². The van der Waals surface area contributed by atoms with Crippen LogP contribution in [-0.2, 0) is 14.4 Å². The smallest absolute Gasteiger partial charge is 0.247 e. The van der Waals surface area contributed by atoms with Gasteiger partial charge in [0.05, 0.1) is 29.2 Å². The van der Waals surface area contributed by atoms with E-state index in [1.54, 1.807) is 28.8 Å². The molecule has 7 atom stereocenters. The Morgan fingerprint density at radius 3 is 2.29 bits per heavy atom. The van der Waals surface area contributed by atoms with Crippen LogP contribution in [0.4, 0.5) is 0 Å². The van der Waals surface area contributed by atoms with Crippen LogP contribution in [0.25, 0.3) is 0 Å². The first-order valence-corrected chi connectivity index (χ1v) is 17.4. The average molecular weight is 669 g/mol. The molecular weight excluding hydrogens is 614 g/mol. The van der Waals surface area contributed by atoms with Crippen molar-refractivity contribution in [1.82, 2.24) is 14.7 Å². The van der Waals surface area contributed by atoms with E-state index in [9.17, 15) is 14.7 Å². The average Bonchev–Trinajstić information content (AvgIpc) is 3.46. The highest BCUT2D eigenvalue weighted by atomic mass is 79.9. The molecule has 0 aromatic heterocycles. The van der Waals surface area contributed by atoms with E-state index in [0.717, 1.165) is 12.8 Å². The summed E-state index contributed by atoms with van der Waals surface area (Å²) in [5, 5.41) is 10.5. The zero-order valence-corrected chi connectivity index (χ0v) is 29.5. The predicted octanol–water partition coefficient (Wildman–Crippen LogP) is 5.51. The first kappa shape index (κ1) is 35.2. The molecule has 238 valence electrons. The van der Waals surface area contributed by atoms with Crippen LogP contribution in [0.5, 0.6) is 0 Å². The Labute approximate surface area is 267 Å². The van der Waals surface area contributed by atoms with E-state index in [1.165, 1.54) is 0 Å². The fourth-order valence-electron chi connectivity index (χ4n) is 8.08. The highest BCUT2D eigenvalue weighted by Gasteiger charge is 2.76. The highest BCUT2D eigenvalue weighted by Crippen LogP contribution is 2.68. The summed E-state index contributed by atoms with van der Waals surface area (Å²) in [5.74, 6) is -1.26. The summed E-state index contributed by atoms with van der Waals surface area (Å²) in [6.07, 6.45) is 6.25. The van der Waals surface area contributed by atoms with Gasteiger partial charge in [-0.25, -0.2) is 0 Å². The van der Waals surface area contributed by atoms with Gasteiger partial charge in [0.15, 0.2) is 0 Å². The maximum atomic E-state index is 15.0. The summed E-state index contributed by atoms with van der Waals surface area (Å²) in [6, 6.07) is -1.29. The first-order chi connectivity index (χ1) is 19.5. The van der Waals surface area contributed by atoms with Gasteiger partial charge in [0.1, 0.15) is 6.04 Å². The number of nitrogens with zero attached hydrogens (tertiary/aromatic N) is 3. The molecule has 9 heteroatoms. The van der Waals surface area contributed by atoms with Crippen molar-refractivity contribution in [3.8, 4) is 0 Å². The second-order valence-electron chi connectivity index (χ2n) is 14.7. The molecule has 3 saturated heterocycles. The van der Waals surface area contributed by atoms with Crippen molar-refractivity contribution >= 4 is 45.4 Å². The fraction of sp³-hybridized carbons (Fsp3) is 0.788. The third-order valence-corrected chi connectivity index (χ3v) is 12.2. The zero-order valence-electron chi connectivity index (χ0n) is 27.1. The minimum Gasteiger partial charge on any atom is -0.394 e. The van der Waals surface area contributed by atoms with Crippen LogP contribution in [0.3, 0.4) is 0 Å². The molecular formula is C33H54BrN3O4S. The number of halogens is 1. The summed E-state index contributed by atoms with van der Waals surface area (Å²) in [5.41, 5.74) is -0.542. The Balaban J connectivity index is 2.20. The maximum absolute atomic E-state index is 15.0. The molecule has 0 aromatic rings. The van der Waals surface area contributed by atoms with Gasteiger partial charge in [-0.15, -0.1) is 24.9 Å². The van der Waals surface area contributed by atoms with Gasteiger partial charge >= 0.3 is 0 Å². The van der Waals surface area contributed by atoms with E-state index in [0.29, 0.717) is 32.5 Å². The lowest BCUT2D eigenvalue weighted by Crippen LogP contribution is -2.62. The third-order valence-electron chi connectivity index (χ3n) is 9.02. The first-order valence-electron chi connectivity index (χ1n) is 15.6. The molecule has 3 amide bonds. The monoisotopic (exact) mass is 667 g/mol. The molecule has 0 radical (unpaired) electrons. The largest absolute Gasteiger partial charge is 0.394 e. The molecule has 3 rings (SSSR count). The van der Waals surface area contributed by atoms with Gasteiger partial charge in [0.25, 0.3) is 0 Å². The number of hydrogen-bond acceptors (Lipinski definition) is 5. The SMILES string of the molecule is C=CCN(CCC)C(=O)[C@H]1[C@@H]2SC3(CC2Br)C(C(=O)N(CC=C)C(C)(C)CC(C)(C)C)N([C@@H](CO)CC(C)C)C(=O)[C@H]13. The van der Waals surface area contributed by atoms with Gasteiger partial charge in [-0.05, 0) is 50.9 Å². The number of likely N-dealkylation sites (tertiary alicyclic amines) is 1. The number of carbonyl (C=O) groups excluding carboxylic acids is 3. The van der Waals surface area contributed by atoms with Crippen LogP contribution in [0.1, 0.15) is 81.1 Å². The summed E-state index contributed by atoms with van der Waals surface area (Å²) < 4.78 is -0.763. The van der Waals surface area contributed by atoms with E-state index in [2.05, 4.69) is 77.6 Å². The van der Waals surface area contributed by atoms with Crippen LogP contribution < -0.4 is 0 Å².